The molecule has 0 saturated carbocycles. The highest BCUT2D eigenvalue weighted by molar-refractivity contribution is 6.34. The fourth-order valence-electron chi connectivity index (χ4n) is 1.68. The number of hydrogen-bond acceptors (Lipinski definition) is 5. The van der Waals surface area contributed by atoms with Crippen LogP contribution in [0.25, 0.3) is 0 Å². The average Bonchev–Trinajstić information content (AvgIpc) is 2.48. The standard InChI is InChI=1S/C13H11ClN4O3/c14-12-5-10(18(20)21)1-2-11(12)13(19)17-4-3-9-6-15-8-16-7-9/h1-2,5-8H,3-4H2,(H,17,19). The molecule has 1 heterocycles. The Balaban J connectivity index is 1.96. The van der Waals surface area contributed by atoms with E-state index in [0.717, 1.165) is 11.6 Å². The average molecular weight is 307 g/mol. The molecule has 0 unspecified atom stereocenters. The number of non-ortho nitro benzene ring substituents is 1. The smallest absolute Gasteiger partial charge is 0.270 e. The molecule has 108 valence electrons. The van der Waals surface area contributed by atoms with Gasteiger partial charge in [-0.3, -0.25) is 14.9 Å². The summed E-state index contributed by atoms with van der Waals surface area (Å²) in [4.78, 5) is 29.7. The first-order valence-electron chi connectivity index (χ1n) is 6.04. The maximum Gasteiger partial charge on any atom is 0.270 e. The van der Waals surface area contributed by atoms with E-state index in [-0.39, 0.29) is 22.2 Å². The quantitative estimate of drug-likeness (QED) is 0.673. The van der Waals surface area contributed by atoms with Gasteiger partial charge in [-0.15, -0.1) is 0 Å². The van der Waals surface area contributed by atoms with Crippen LogP contribution in [0.4, 0.5) is 5.69 Å². The van der Waals surface area contributed by atoms with Crippen molar-refractivity contribution in [3.8, 4) is 0 Å². The SMILES string of the molecule is O=C(NCCc1cncnc1)c1ccc([N+](=O)[O-])cc1Cl. The number of nitrogens with zero attached hydrogens (tertiary/aromatic N) is 3. The molecule has 7 nitrogen and oxygen atoms in total. The Morgan fingerprint density at radius 1 is 1.33 bits per heavy atom. The second-order valence-electron chi connectivity index (χ2n) is 4.17. The predicted octanol–water partition coefficient (Wildman–Crippen LogP) is 2.01. The van der Waals surface area contributed by atoms with Crippen molar-refractivity contribution in [1.82, 2.24) is 15.3 Å². The molecule has 2 rings (SSSR count). The van der Waals surface area contributed by atoms with E-state index >= 15 is 0 Å². The van der Waals surface area contributed by atoms with E-state index in [1.54, 1.807) is 12.4 Å². The molecule has 8 heteroatoms. The molecule has 1 aromatic heterocycles. The molecule has 0 aliphatic heterocycles. The maximum absolute atomic E-state index is 11.9. The van der Waals surface area contributed by atoms with Gasteiger partial charge in [0.25, 0.3) is 11.6 Å². The Hall–Kier alpha value is -2.54. The molecular weight excluding hydrogens is 296 g/mol. The first-order valence-corrected chi connectivity index (χ1v) is 6.42. The lowest BCUT2D eigenvalue weighted by atomic mass is 10.2. The predicted molar refractivity (Wildman–Crippen MR) is 76.2 cm³/mol. The number of nitro groups is 1. The Morgan fingerprint density at radius 2 is 2.05 bits per heavy atom. The normalized spacial score (nSPS) is 10.1. The van der Waals surface area contributed by atoms with Crippen molar-refractivity contribution in [3.63, 3.8) is 0 Å². The lowest BCUT2D eigenvalue weighted by Crippen LogP contribution is -2.26. The van der Waals surface area contributed by atoms with Gasteiger partial charge < -0.3 is 5.32 Å². The van der Waals surface area contributed by atoms with Gasteiger partial charge in [0, 0.05) is 31.1 Å². The van der Waals surface area contributed by atoms with Gasteiger partial charge in [-0.25, -0.2) is 9.97 Å². The lowest BCUT2D eigenvalue weighted by Gasteiger charge is -2.06. The maximum atomic E-state index is 11.9. The van der Waals surface area contributed by atoms with Crippen molar-refractivity contribution in [2.75, 3.05) is 6.54 Å². The zero-order valence-corrected chi connectivity index (χ0v) is 11.6. The van der Waals surface area contributed by atoms with Gasteiger partial charge in [0.1, 0.15) is 6.33 Å². The van der Waals surface area contributed by atoms with Crippen LogP contribution in [0.1, 0.15) is 15.9 Å². The van der Waals surface area contributed by atoms with Crippen LogP contribution in [0.15, 0.2) is 36.9 Å². The minimum atomic E-state index is -0.567. The first kappa shape index (κ1) is 14.9. The van der Waals surface area contributed by atoms with E-state index in [1.165, 1.54) is 18.5 Å². The second kappa shape index (κ2) is 6.76. The van der Waals surface area contributed by atoms with Crippen LogP contribution in [0.3, 0.4) is 0 Å². The number of halogens is 1. The van der Waals surface area contributed by atoms with E-state index in [2.05, 4.69) is 15.3 Å². The third-order valence-electron chi connectivity index (χ3n) is 2.72. The van der Waals surface area contributed by atoms with Gasteiger partial charge in [-0.1, -0.05) is 11.6 Å². The van der Waals surface area contributed by atoms with E-state index < -0.39 is 4.92 Å². The number of aromatic nitrogens is 2. The number of amides is 1. The van der Waals surface area contributed by atoms with Crippen LogP contribution < -0.4 is 5.32 Å². The van der Waals surface area contributed by atoms with Gasteiger partial charge in [0.2, 0.25) is 0 Å². The Kier molecular flexibility index (Phi) is 4.78. The number of nitro benzene ring substituents is 1. The van der Waals surface area contributed by atoms with Crippen molar-refractivity contribution in [2.45, 2.75) is 6.42 Å². The van der Waals surface area contributed by atoms with Crippen molar-refractivity contribution >= 4 is 23.2 Å². The lowest BCUT2D eigenvalue weighted by molar-refractivity contribution is -0.384. The van der Waals surface area contributed by atoms with Crippen molar-refractivity contribution in [1.29, 1.82) is 0 Å². The summed E-state index contributed by atoms with van der Waals surface area (Å²) < 4.78 is 0. The van der Waals surface area contributed by atoms with Crippen LogP contribution >= 0.6 is 11.6 Å². The highest BCUT2D eigenvalue weighted by atomic mass is 35.5. The number of carbonyl (C=O) groups is 1. The van der Waals surface area contributed by atoms with Crippen LogP contribution in [0.5, 0.6) is 0 Å². The van der Waals surface area contributed by atoms with Crippen molar-refractivity contribution in [2.24, 2.45) is 0 Å². The number of nitrogens with one attached hydrogen (secondary N) is 1. The van der Waals surface area contributed by atoms with Crippen LogP contribution in [0.2, 0.25) is 5.02 Å². The molecular formula is C13H11ClN4O3. The summed E-state index contributed by atoms with van der Waals surface area (Å²) in [6.45, 7) is 0.388. The van der Waals surface area contributed by atoms with Gasteiger partial charge in [0.15, 0.2) is 0 Å². The van der Waals surface area contributed by atoms with E-state index in [4.69, 9.17) is 11.6 Å². The summed E-state index contributed by atoms with van der Waals surface area (Å²) in [6.07, 6.45) is 5.34. The molecule has 0 radical (unpaired) electrons. The number of benzene rings is 1. The highest BCUT2D eigenvalue weighted by Gasteiger charge is 2.14. The summed E-state index contributed by atoms with van der Waals surface area (Å²) in [7, 11) is 0. The topological polar surface area (TPSA) is 98.0 Å². The molecule has 2 aromatic rings. The van der Waals surface area contributed by atoms with Crippen LogP contribution in [-0.4, -0.2) is 27.3 Å². The molecule has 21 heavy (non-hydrogen) atoms. The second-order valence-corrected chi connectivity index (χ2v) is 4.58. The zero-order chi connectivity index (χ0) is 15.2. The van der Waals surface area contributed by atoms with Crippen molar-refractivity contribution < 1.29 is 9.72 Å². The summed E-state index contributed by atoms with van der Waals surface area (Å²) in [5.41, 5.74) is 0.942. The molecule has 0 aliphatic carbocycles. The number of carbonyl (C=O) groups excluding carboxylic acids is 1. The van der Waals surface area contributed by atoms with Crippen molar-refractivity contribution in [3.05, 3.63) is 63.2 Å². The Labute approximate surface area is 125 Å². The molecule has 0 aliphatic rings. The fourth-order valence-corrected chi connectivity index (χ4v) is 1.94. The minimum absolute atomic E-state index is 0.0461. The third-order valence-corrected chi connectivity index (χ3v) is 3.03. The first-order chi connectivity index (χ1) is 10.1. The highest BCUT2D eigenvalue weighted by Crippen LogP contribution is 2.22. The van der Waals surface area contributed by atoms with Gasteiger partial charge in [-0.05, 0) is 18.1 Å². The molecule has 1 N–H and O–H groups in total. The number of hydrogen-bond donors (Lipinski definition) is 1. The Bertz CT molecular complexity index is 664. The largest absolute Gasteiger partial charge is 0.352 e. The third kappa shape index (κ3) is 3.96. The summed E-state index contributed by atoms with van der Waals surface area (Å²) in [5, 5.41) is 13.3. The van der Waals surface area contributed by atoms with Gasteiger partial charge in [-0.2, -0.15) is 0 Å². The van der Waals surface area contributed by atoms with Crippen LogP contribution in [-0.2, 0) is 6.42 Å². The fraction of sp³-hybridized carbons (Fsp3) is 0.154. The van der Waals surface area contributed by atoms with E-state index in [9.17, 15) is 14.9 Å². The molecule has 0 bridgehead atoms. The molecule has 0 atom stereocenters. The molecule has 0 saturated heterocycles. The van der Waals surface area contributed by atoms with Gasteiger partial charge in [0.05, 0.1) is 15.5 Å². The molecule has 1 amide bonds. The summed E-state index contributed by atoms with van der Waals surface area (Å²) >= 11 is 5.88. The monoisotopic (exact) mass is 306 g/mol. The summed E-state index contributed by atoms with van der Waals surface area (Å²) in [5.74, 6) is -0.383. The summed E-state index contributed by atoms with van der Waals surface area (Å²) in [6, 6.07) is 3.73. The Morgan fingerprint density at radius 3 is 2.67 bits per heavy atom. The zero-order valence-electron chi connectivity index (χ0n) is 10.8. The molecule has 0 spiro atoms. The van der Waals surface area contributed by atoms with E-state index in [1.807, 2.05) is 0 Å². The minimum Gasteiger partial charge on any atom is -0.352 e. The van der Waals surface area contributed by atoms with Gasteiger partial charge >= 0.3 is 0 Å². The molecule has 1 aromatic carbocycles. The number of rotatable bonds is 5. The van der Waals surface area contributed by atoms with E-state index in [0.29, 0.717) is 13.0 Å². The van der Waals surface area contributed by atoms with Crippen LogP contribution in [0, 0.1) is 10.1 Å². The molecule has 0 fully saturated rings.